The van der Waals surface area contributed by atoms with E-state index >= 15 is 0 Å². The fourth-order valence-electron chi connectivity index (χ4n) is 2.67. The van der Waals surface area contributed by atoms with Gasteiger partial charge in [0.15, 0.2) is 0 Å². The smallest absolute Gasteiger partial charge is 0.0501 e. The molecule has 1 fully saturated rings. The van der Waals surface area contributed by atoms with Gasteiger partial charge >= 0.3 is 0 Å². The molecule has 20 heavy (non-hydrogen) atoms. The molecule has 0 spiro atoms. The first kappa shape index (κ1) is 15.7. The van der Waals surface area contributed by atoms with Gasteiger partial charge in [0.1, 0.15) is 0 Å². The Labute approximate surface area is 127 Å². The van der Waals surface area contributed by atoms with E-state index in [2.05, 4.69) is 59.3 Å². The zero-order valence-electron chi connectivity index (χ0n) is 13.0. The highest BCUT2D eigenvalue weighted by Gasteiger charge is 2.13. The second-order valence-corrected chi connectivity index (χ2v) is 6.44. The molecular formula is C16H27N3S. The van der Waals surface area contributed by atoms with Crippen LogP contribution in [0.3, 0.4) is 0 Å². The molecule has 0 saturated carbocycles. The monoisotopic (exact) mass is 293 g/mol. The number of hydrogen-bond acceptors (Lipinski definition) is 4. The van der Waals surface area contributed by atoms with Gasteiger partial charge in [-0.05, 0) is 38.4 Å². The third kappa shape index (κ3) is 4.40. The quantitative estimate of drug-likeness (QED) is 0.745. The van der Waals surface area contributed by atoms with Gasteiger partial charge in [-0.15, -0.1) is 11.8 Å². The summed E-state index contributed by atoms with van der Waals surface area (Å²) in [5.74, 6) is 0. The predicted molar refractivity (Wildman–Crippen MR) is 90.0 cm³/mol. The number of benzene rings is 1. The summed E-state index contributed by atoms with van der Waals surface area (Å²) >= 11 is 1.83. The first-order valence-electron chi connectivity index (χ1n) is 7.46. The third-order valence-electron chi connectivity index (χ3n) is 4.06. The van der Waals surface area contributed by atoms with E-state index < -0.39 is 0 Å². The number of piperazine rings is 1. The van der Waals surface area contributed by atoms with Crippen LogP contribution in [0.25, 0.3) is 0 Å². The van der Waals surface area contributed by atoms with Crippen molar-refractivity contribution in [2.45, 2.75) is 11.3 Å². The van der Waals surface area contributed by atoms with E-state index in [1.54, 1.807) is 0 Å². The number of anilines is 1. The summed E-state index contributed by atoms with van der Waals surface area (Å²) in [6.07, 6.45) is 3.39. The van der Waals surface area contributed by atoms with Crippen molar-refractivity contribution in [3.63, 3.8) is 0 Å². The Morgan fingerprint density at radius 3 is 2.55 bits per heavy atom. The second kappa shape index (κ2) is 7.91. The van der Waals surface area contributed by atoms with Gasteiger partial charge in [-0.2, -0.15) is 0 Å². The maximum absolute atomic E-state index is 2.59. The van der Waals surface area contributed by atoms with Crippen molar-refractivity contribution in [2.75, 3.05) is 64.5 Å². The molecule has 1 heterocycles. The average Bonchev–Trinajstić information content (AvgIpc) is 2.49. The molecule has 0 unspecified atom stereocenters. The number of hydrogen-bond donors (Lipinski definition) is 0. The number of nitrogens with zero attached hydrogens (tertiary/aromatic N) is 3. The van der Waals surface area contributed by atoms with E-state index in [1.807, 2.05) is 11.8 Å². The molecule has 3 nitrogen and oxygen atoms in total. The Bertz CT molecular complexity index is 402. The molecule has 1 aliphatic rings. The molecular weight excluding hydrogens is 266 g/mol. The zero-order valence-corrected chi connectivity index (χ0v) is 13.8. The van der Waals surface area contributed by atoms with Crippen molar-refractivity contribution in [1.29, 1.82) is 0 Å². The van der Waals surface area contributed by atoms with Crippen LogP contribution in [0.1, 0.15) is 6.42 Å². The summed E-state index contributed by atoms with van der Waals surface area (Å²) in [5, 5.41) is 0. The van der Waals surface area contributed by atoms with Crippen molar-refractivity contribution < 1.29 is 0 Å². The normalized spacial score (nSPS) is 17.4. The van der Waals surface area contributed by atoms with Crippen molar-refractivity contribution in [1.82, 2.24) is 9.80 Å². The largest absolute Gasteiger partial charge is 0.374 e. The maximum Gasteiger partial charge on any atom is 0.0501 e. The first-order valence-corrected chi connectivity index (χ1v) is 8.68. The van der Waals surface area contributed by atoms with Crippen molar-refractivity contribution in [2.24, 2.45) is 0 Å². The molecule has 0 bridgehead atoms. The van der Waals surface area contributed by atoms with E-state index in [0.717, 1.165) is 6.54 Å². The lowest BCUT2D eigenvalue weighted by atomic mass is 10.2. The minimum Gasteiger partial charge on any atom is -0.374 e. The number of para-hydroxylation sites is 1. The minimum atomic E-state index is 1.13. The van der Waals surface area contributed by atoms with Crippen molar-refractivity contribution >= 4 is 17.4 Å². The Kier molecular flexibility index (Phi) is 6.20. The van der Waals surface area contributed by atoms with Crippen LogP contribution in [0, 0.1) is 0 Å². The Balaban J connectivity index is 1.76. The molecule has 2 rings (SSSR count). The van der Waals surface area contributed by atoms with E-state index in [0.29, 0.717) is 0 Å². The standard InChI is InChI=1S/C16H27N3S/c1-17-11-13-19(14-12-17)10-6-9-18(2)15-7-4-5-8-16(15)20-3/h4-5,7-8H,6,9-14H2,1-3H3. The van der Waals surface area contributed by atoms with Gasteiger partial charge in [-0.3, -0.25) is 0 Å². The molecule has 4 heteroatoms. The molecule has 112 valence electrons. The van der Waals surface area contributed by atoms with E-state index in [9.17, 15) is 0 Å². The van der Waals surface area contributed by atoms with Crippen LogP contribution < -0.4 is 4.90 Å². The highest BCUT2D eigenvalue weighted by atomic mass is 32.2. The molecule has 0 radical (unpaired) electrons. The molecule has 0 N–H and O–H groups in total. The molecule has 0 aliphatic carbocycles. The summed E-state index contributed by atoms with van der Waals surface area (Å²) in [5.41, 5.74) is 1.36. The lowest BCUT2D eigenvalue weighted by Crippen LogP contribution is -2.45. The predicted octanol–water partition coefficient (Wildman–Crippen LogP) is 2.48. The second-order valence-electron chi connectivity index (χ2n) is 5.59. The van der Waals surface area contributed by atoms with E-state index in [4.69, 9.17) is 0 Å². The lowest BCUT2D eigenvalue weighted by Gasteiger charge is -2.32. The van der Waals surface area contributed by atoms with Gasteiger partial charge in [0, 0.05) is 44.7 Å². The summed E-state index contributed by atoms with van der Waals surface area (Å²) < 4.78 is 0. The summed E-state index contributed by atoms with van der Waals surface area (Å²) in [7, 11) is 4.42. The molecule has 0 amide bonds. The van der Waals surface area contributed by atoms with Gasteiger partial charge in [0.2, 0.25) is 0 Å². The molecule has 1 aliphatic heterocycles. The SMILES string of the molecule is CSc1ccccc1N(C)CCCN1CCN(C)CC1. The molecule has 1 aromatic carbocycles. The first-order chi connectivity index (χ1) is 9.70. The fraction of sp³-hybridized carbons (Fsp3) is 0.625. The lowest BCUT2D eigenvalue weighted by molar-refractivity contribution is 0.153. The summed E-state index contributed by atoms with van der Waals surface area (Å²) in [4.78, 5) is 8.77. The number of likely N-dealkylation sites (N-methyl/N-ethyl adjacent to an activating group) is 1. The average molecular weight is 293 g/mol. The Morgan fingerprint density at radius 1 is 1.15 bits per heavy atom. The molecule has 0 atom stereocenters. The number of thioether (sulfide) groups is 1. The van der Waals surface area contributed by atoms with Crippen LogP contribution in [-0.4, -0.2) is 69.4 Å². The topological polar surface area (TPSA) is 9.72 Å². The van der Waals surface area contributed by atoms with Crippen molar-refractivity contribution in [3.05, 3.63) is 24.3 Å². The van der Waals surface area contributed by atoms with E-state index in [-0.39, 0.29) is 0 Å². The third-order valence-corrected chi connectivity index (χ3v) is 4.85. The van der Waals surface area contributed by atoms with Crippen molar-refractivity contribution in [3.8, 4) is 0 Å². The van der Waals surface area contributed by atoms with Crippen LogP contribution >= 0.6 is 11.8 Å². The summed E-state index contributed by atoms with van der Waals surface area (Å²) in [6.45, 7) is 7.23. The Hall–Kier alpha value is -0.710. The van der Waals surface area contributed by atoms with Crippen LogP contribution in [0.4, 0.5) is 5.69 Å². The van der Waals surface area contributed by atoms with Crippen LogP contribution in [0.2, 0.25) is 0 Å². The highest BCUT2D eigenvalue weighted by molar-refractivity contribution is 7.98. The van der Waals surface area contributed by atoms with Crippen LogP contribution in [0.15, 0.2) is 29.2 Å². The van der Waals surface area contributed by atoms with Crippen LogP contribution in [0.5, 0.6) is 0 Å². The van der Waals surface area contributed by atoms with Gasteiger partial charge < -0.3 is 14.7 Å². The van der Waals surface area contributed by atoms with Crippen LogP contribution in [-0.2, 0) is 0 Å². The number of rotatable bonds is 6. The van der Waals surface area contributed by atoms with Gasteiger partial charge in [0.05, 0.1) is 5.69 Å². The zero-order chi connectivity index (χ0) is 14.4. The fourth-order valence-corrected chi connectivity index (χ4v) is 3.32. The van der Waals surface area contributed by atoms with Gasteiger partial charge in [-0.1, -0.05) is 12.1 Å². The minimum absolute atomic E-state index is 1.13. The Morgan fingerprint density at radius 2 is 1.85 bits per heavy atom. The molecule has 1 saturated heterocycles. The molecule has 0 aromatic heterocycles. The maximum atomic E-state index is 2.59. The highest BCUT2D eigenvalue weighted by Crippen LogP contribution is 2.27. The summed E-state index contributed by atoms with van der Waals surface area (Å²) in [6, 6.07) is 8.68. The molecule has 1 aromatic rings. The van der Waals surface area contributed by atoms with Gasteiger partial charge in [-0.25, -0.2) is 0 Å². The van der Waals surface area contributed by atoms with E-state index in [1.165, 1.54) is 49.7 Å². The van der Waals surface area contributed by atoms with Gasteiger partial charge in [0.25, 0.3) is 0 Å².